The van der Waals surface area contributed by atoms with Crippen molar-refractivity contribution in [1.29, 1.82) is 0 Å². The van der Waals surface area contributed by atoms with Crippen LogP contribution in [-0.2, 0) is 23.8 Å². The molecule has 1 aliphatic rings. The topological polar surface area (TPSA) is 93.3 Å². The summed E-state index contributed by atoms with van der Waals surface area (Å²) in [5.41, 5.74) is 0.866. The Labute approximate surface area is 146 Å². The van der Waals surface area contributed by atoms with E-state index in [0.717, 1.165) is 12.1 Å². The maximum absolute atomic E-state index is 13.0. The summed E-state index contributed by atoms with van der Waals surface area (Å²) >= 11 is 0. The number of nitrogens with one attached hydrogen (secondary N) is 1. The van der Waals surface area contributed by atoms with Crippen LogP contribution in [-0.4, -0.2) is 44.5 Å². The molecule has 0 spiro atoms. The molecule has 1 aliphatic heterocycles. The number of aromatic nitrogens is 3. The smallest absolute Gasteiger partial charge is 0.255 e. The van der Waals surface area contributed by atoms with E-state index in [1.54, 1.807) is 11.8 Å². The monoisotopic (exact) mass is 345 g/mol. The molecule has 2 aromatic rings. The van der Waals surface area contributed by atoms with Crippen molar-refractivity contribution < 1.29 is 14.1 Å². The molecular weight excluding hydrogens is 322 g/mol. The van der Waals surface area contributed by atoms with Gasteiger partial charge in [0.2, 0.25) is 5.91 Å². The number of likely N-dealkylation sites (tertiary alicyclic amines) is 1. The minimum Gasteiger partial charge on any atom is -0.354 e. The second-order valence-electron chi connectivity index (χ2n) is 6.53. The number of hydrogen-bond acceptors (Lipinski definition) is 5. The van der Waals surface area contributed by atoms with Crippen molar-refractivity contribution in [3.63, 3.8) is 0 Å². The number of nitrogens with zero attached hydrogens (tertiary/aromatic N) is 4. The highest BCUT2D eigenvalue weighted by Crippen LogP contribution is 2.32. The molecule has 8 heteroatoms. The Balaban J connectivity index is 1.89. The Bertz CT molecular complexity index is 809. The van der Waals surface area contributed by atoms with Crippen molar-refractivity contribution in [2.45, 2.75) is 39.2 Å². The maximum Gasteiger partial charge on any atom is 0.255 e. The molecule has 1 fully saturated rings. The molecule has 3 rings (SSSR count). The van der Waals surface area contributed by atoms with Crippen LogP contribution in [0.25, 0.3) is 0 Å². The van der Waals surface area contributed by atoms with Gasteiger partial charge in [0, 0.05) is 32.4 Å². The number of amides is 2. The molecule has 1 atom stereocenters. The van der Waals surface area contributed by atoms with E-state index in [9.17, 15) is 9.59 Å². The van der Waals surface area contributed by atoms with Gasteiger partial charge in [-0.2, -0.15) is 4.98 Å². The lowest BCUT2D eigenvalue weighted by atomic mass is 9.98. The Hall–Kier alpha value is -2.64. The van der Waals surface area contributed by atoms with Crippen molar-refractivity contribution in [1.82, 2.24) is 24.9 Å². The van der Waals surface area contributed by atoms with E-state index in [1.807, 2.05) is 30.8 Å². The molecule has 1 unspecified atom stereocenters. The third kappa shape index (κ3) is 3.04. The molecular formula is C17H23N5O3. The van der Waals surface area contributed by atoms with E-state index >= 15 is 0 Å². The number of rotatable bonds is 4. The lowest BCUT2D eigenvalue weighted by molar-refractivity contribution is -0.121. The van der Waals surface area contributed by atoms with Gasteiger partial charge in [-0.1, -0.05) is 12.1 Å². The zero-order valence-electron chi connectivity index (χ0n) is 15.0. The average molecular weight is 345 g/mol. The third-order valence-electron chi connectivity index (χ3n) is 4.68. The summed E-state index contributed by atoms with van der Waals surface area (Å²) in [6.07, 6.45) is 3.21. The Morgan fingerprint density at radius 3 is 2.80 bits per heavy atom. The maximum atomic E-state index is 13.0. The summed E-state index contributed by atoms with van der Waals surface area (Å²) in [5, 5.41) is 6.75. The summed E-state index contributed by atoms with van der Waals surface area (Å²) in [4.78, 5) is 30.7. The fourth-order valence-corrected chi connectivity index (χ4v) is 3.51. The van der Waals surface area contributed by atoms with Crippen molar-refractivity contribution in [2.75, 3.05) is 13.1 Å². The van der Waals surface area contributed by atoms with Crippen LogP contribution in [0.4, 0.5) is 0 Å². The molecule has 25 heavy (non-hydrogen) atoms. The largest absolute Gasteiger partial charge is 0.354 e. The van der Waals surface area contributed by atoms with Crippen molar-refractivity contribution in [2.24, 2.45) is 7.05 Å². The predicted molar refractivity (Wildman–Crippen MR) is 89.8 cm³/mol. The Morgan fingerprint density at radius 1 is 1.44 bits per heavy atom. The van der Waals surface area contributed by atoms with E-state index in [0.29, 0.717) is 36.8 Å². The van der Waals surface area contributed by atoms with Crippen molar-refractivity contribution in [3.8, 4) is 0 Å². The molecule has 0 saturated carbocycles. The fraction of sp³-hybridized carbons (Fsp3) is 0.529. The van der Waals surface area contributed by atoms with Gasteiger partial charge in [0.15, 0.2) is 5.82 Å². The van der Waals surface area contributed by atoms with Crippen LogP contribution in [0.5, 0.6) is 0 Å². The van der Waals surface area contributed by atoms with Gasteiger partial charge in [0.05, 0.1) is 12.1 Å². The standard InChI is InChI=1S/C17H23N5O3/c1-5-14-13(6-8-21(14)4)15(24)22-9-7-17(10-22,19-12(3)23)16-18-11(2)20-25-16/h6,8H,5,7,9-10H2,1-4H3,(H,19,23). The Kier molecular flexibility index (Phi) is 4.36. The number of aryl methyl sites for hydroxylation is 2. The molecule has 2 amide bonds. The Morgan fingerprint density at radius 2 is 2.20 bits per heavy atom. The van der Waals surface area contributed by atoms with Crippen LogP contribution >= 0.6 is 0 Å². The number of carbonyl (C=O) groups excluding carboxylic acids is 2. The van der Waals surface area contributed by atoms with Crippen LogP contribution in [0.2, 0.25) is 0 Å². The zero-order chi connectivity index (χ0) is 18.2. The minimum absolute atomic E-state index is 0.0408. The van der Waals surface area contributed by atoms with E-state index in [2.05, 4.69) is 15.5 Å². The summed E-state index contributed by atoms with van der Waals surface area (Å²) in [5.74, 6) is 0.611. The highest BCUT2D eigenvalue weighted by atomic mass is 16.5. The van der Waals surface area contributed by atoms with E-state index in [-0.39, 0.29) is 11.8 Å². The molecule has 0 bridgehead atoms. The molecule has 1 saturated heterocycles. The minimum atomic E-state index is -0.829. The first-order chi connectivity index (χ1) is 11.9. The first-order valence-corrected chi connectivity index (χ1v) is 8.39. The molecule has 0 aromatic carbocycles. The van der Waals surface area contributed by atoms with Crippen LogP contribution in [0.1, 0.15) is 48.0 Å². The quantitative estimate of drug-likeness (QED) is 0.897. The molecule has 2 aromatic heterocycles. The van der Waals surface area contributed by atoms with Gasteiger partial charge in [0.25, 0.3) is 11.8 Å². The fourth-order valence-electron chi connectivity index (χ4n) is 3.51. The highest BCUT2D eigenvalue weighted by molar-refractivity contribution is 5.96. The van der Waals surface area contributed by atoms with Gasteiger partial charge >= 0.3 is 0 Å². The van der Waals surface area contributed by atoms with E-state index in [1.165, 1.54) is 6.92 Å². The summed E-state index contributed by atoms with van der Waals surface area (Å²) < 4.78 is 7.28. The second-order valence-corrected chi connectivity index (χ2v) is 6.53. The van der Waals surface area contributed by atoms with Crippen LogP contribution in [0.15, 0.2) is 16.8 Å². The normalized spacial score (nSPS) is 20.1. The number of hydrogen-bond donors (Lipinski definition) is 1. The number of carbonyl (C=O) groups is 2. The SMILES string of the molecule is CCc1c(C(=O)N2CCC(NC(C)=O)(c3nc(C)no3)C2)ccn1C. The second kappa shape index (κ2) is 6.34. The lowest BCUT2D eigenvalue weighted by Gasteiger charge is -2.26. The van der Waals surface area contributed by atoms with Gasteiger partial charge in [-0.25, -0.2) is 0 Å². The van der Waals surface area contributed by atoms with Crippen LogP contribution in [0, 0.1) is 6.92 Å². The predicted octanol–water partition coefficient (Wildman–Crippen LogP) is 1.16. The van der Waals surface area contributed by atoms with Crippen molar-refractivity contribution in [3.05, 3.63) is 35.2 Å². The van der Waals surface area contributed by atoms with Gasteiger partial charge in [-0.05, 0) is 25.8 Å². The summed E-state index contributed by atoms with van der Waals surface area (Å²) in [6.45, 7) is 6.02. The van der Waals surface area contributed by atoms with Crippen LogP contribution in [0.3, 0.4) is 0 Å². The molecule has 134 valence electrons. The first-order valence-electron chi connectivity index (χ1n) is 8.39. The molecule has 1 N–H and O–H groups in total. The summed E-state index contributed by atoms with van der Waals surface area (Å²) in [6, 6.07) is 1.84. The molecule has 0 radical (unpaired) electrons. The van der Waals surface area contributed by atoms with Crippen LogP contribution < -0.4 is 5.32 Å². The van der Waals surface area contributed by atoms with Gasteiger partial charge in [-0.3, -0.25) is 9.59 Å². The van der Waals surface area contributed by atoms with Gasteiger partial charge < -0.3 is 19.3 Å². The molecule has 8 nitrogen and oxygen atoms in total. The zero-order valence-corrected chi connectivity index (χ0v) is 15.0. The average Bonchev–Trinajstić information content (AvgIpc) is 3.25. The lowest BCUT2D eigenvalue weighted by Crippen LogP contribution is -2.48. The van der Waals surface area contributed by atoms with Gasteiger partial charge in [-0.15, -0.1) is 0 Å². The van der Waals surface area contributed by atoms with Gasteiger partial charge in [0.1, 0.15) is 5.54 Å². The van der Waals surface area contributed by atoms with Crippen molar-refractivity contribution >= 4 is 11.8 Å². The third-order valence-corrected chi connectivity index (χ3v) is 4.68. The van der Waals surface area contributed by atoms with E-state index < -0.39 is 5.54 Å². The molecule has 0 aliphatic carbocycles. The summed E-state index contributed by atoms with van der Waals surface area (Å²) in [7, 11) is 1.93. The first kappa shape index (κ1) is 17.2. The van der Waals surface area contributed by atoms with E-state index in [4.69, 9.17) is 4.52 Å². The highest BCUT2D eigenvalue weighted by Gasteiger charge is 2.46. The molecule has 3 heterocycles.